The van der Waals surface area contributed by atoms with Crippen LogP contribution < -0.4 is 23.7 Å². The third-order valence-electron chi connectivity index (χ3n) is 5.75. The normalized spacial score (nSPS) is 9.44. The zero-order valence-electron chi connectivity index (χ0n) is 24.9. The fourth-order valence-corrected chi connectivity index (χ4v) is 3.58. The van der Waals surface area contributed by atoms with E-state index in [0.717, 1.165) is 39.5 Å². The highest BCUT2D eigenvalue weighted by Gasteiger charge is 1.99. The minimum atomic E-state index is 0.872. The van der Waals surface area contributed by atoms with E-state index in [0.29, 0.717) is 0 Å². The number of ether oxygens (including phenoxy) is 6. The SMILES string of the molecule is COC.COc1ccc(-c2ccc(OC)cc2)cc1.COc1ccc2cc(OC)ccc2c1.COc1ccccc1. The van der Waals surface area contributed by atoms with E-state index >= 15 is 0 Å². The molecule has 0 fully saturated rings. The van der Waals surface area contributed by atoms with Crippen LogP contribution in [0, 0.1) is 0 Å². The Hall–Kier alpha value is -4.68. The summed E-state index contributed by atoms with van der Waals surface area (Å²) in [5.41, 5.74) is 2.34. The van der Waals surface area contributed by atoms with Crippen molar-refractivity contribution in [3.63, 3.8) is 0 Å². The average Bonchev–Trinajstić information content (AvgIpc) is 3.05. The molecule has 0 aromatic heterocycles. The second kappa shape index (κ2) is 18.6. The molecule has 0 saturated carbocycles. The van der Waals surface area contributed by atoms with E-state index in [2.05, 4.69) is 4.74 Å². The van der Waals surface area contributed by atoms with Gasteiger partial charge in [-0.2, -0.15) is 0 Å². The van der Waals surface area contributed by atoms with Crippen molar-refractivity contribution in [3.05, 3.63) is 115 Å². The first kappa shape index (κ1) is 32.5. The maximum Gasteiger partial charge on any atom is 0.119 e. The summed E-state index contributed by atoms with van der Waals surface area (Å²) >= 11 is 0. The number of benzene rings is 5. The summed E-state index contributed by atoms with van der Waals surface area (Å²) in [6.45, 7) is 0. The van der Waals surface area contributed by atoms with Gasteiger partial charge in [-0.3, -0.25) is 0 Å². The molecule has 5 aromatic rings. The van der Waals surface area contributed by atoms with Crippen LogP contribution in [-0.4, -0.2) is 49.8 Å². The molecule has 0 saturated heterocycles. The van der Waals surface area contributed by atoms with Crippen molar-refractivity contribution in [2.24, 2.45) is 0 Å². The lowest BCUT2D eigenvalue weighted by Gasteiger charge is -2.05. The first-order chi connectivity index (χ1) is 20.0. The molecule has 0 heterocycles. The van der Waals surface area contributed by atoms with Gasteiger partial charge in [0.2, 0.25) is 0 Å². The summed E-state index contributed by atoms with van der Waals surface area (Å²) in [6, 6.07) is 37.6. The molecule has 6 nitrogen and oxygen atoms in total. The zero-order valence-corrected chi connectivity index (χ0v) is 24.9. The Kier molecular flexibility index (Phi) is 14.7. The fourth-order valence-electron chi connectivity index (χ4n) is 3.58. The zero-order chi connectivity index (χ0) is 29.9. The van der Waals surface area contributed by atoms with Crippen LogP contribution in [0.3, 0.4) is 0 Å². The van der Waals surface area contributed by atoms with Gasteiger partial charge in [0, 0.05) is 14.2 Å². The molecule has 0 aliphatic carbocycles. The quantitative estimate of drug-likeness (QED) is 0.210. The highest BCUT2D eigenvalue weighted by Crippen LogP contribution is 2.25. The summed E-state index contributed by atoms with van der Waals surface area (Å²) in [5.74, 6) is 4.41. The van der Waals surface area contributed by atoms with Crippen LogP contribution in [0.15, 0.2) is 115 Å². The minimum Gasteiger partial charge on any atom is -0.497 e. The molecule has 0 N–H and O–H groups in total. The van der Waals surface area contributed by atoms with Gasteiger partial charge >= 0.3 is 0 Å². The molecular weight excluding hydrogens is 516 g/mol. The molecular formula is C35H40O6. The van der Waals surface area contributed by atoms with E-state index in [1.807, 2.05) is 115 Å². The van der Waals surface area contributed by atoms with Crippen LogP contribution in [0.5, 0.6) is 28.7 Å². The van der Waals surface area contributed by atoms with Crippen molar-refractivity contribution in [2.75, 3.05) is 49.8 Å². The van der Waals surface area contributed by atoms with Gasteiger partial charge in [-0.1, -0.05) is 54.6 Å². The second-order valence-corrected chi connectivity index (χ2v) is 8.46. The molecule has 0 aliphatic heterocycles. The predicted molar refractivity (Wildman–Crippen MR) is 168 cm³/mol. The summed E-state index contributed by atoms with van der Waals surface area (Å²) in [5, 5.41) is 2.32. The fraction of sp³-hybridized carbons (Fsp3) is 0.200. The summed E-state index contributed by atoms with van der Waals surface area (Å²) < 4.78 is 29.7. The van der Waals surface area contributed by atoms with Crippen molar-refractivity contribution in [2.45, 2.75) is 0 Å². The van der Waals surface area contributed by atoms with E-state index in [-0.39, 0.29) is 0 Å². The van der Waals surface area contributed by atoms with E-state index in [1.54, 1.807) is 49.8 Å². The Morgan fingerprint density at radius 1 is 0.317 bits per heavy atom. The van der Waals surface area contributed by atoms with Gasteiger partial charge < -0.3 is 28.4 Å². The third-order valence-corrected chi connectivity index (χ3v) is 5.75. The Morgan fingerprint density at radius 2 is 0.610 bits per heavy atom. The van der Waals surface area contributed by atoms with Gasteiger partial charge in [-0.15, -0.1) is 0 Å². The maximum absolute atomic E-state index is 5.15. The van der Waals surface area contributed by atoms with Gasteiger partial charge in [-0.25, -0.2) is 0 Å². The van der Waals surface area contributed by atoms with E-state index in [9.17, 15) is 0 Å². The van der Waals surface area contributed by atoms with Crippen molar-refractivity contribution < 1.29 is 28.4 Å². The van der Waals surface area contributed by atoms with Crippen LogP contribution in [0.1, 0.15) is 0 Å². The Balaban J connectivity index is 0.000000214. The van der Waals surface area contributed by atoms with Crippen LogP contribution in [0.25, 0.3) is 21.9 Å². The predicted octanol–water partition coefficient (Wildman–Crippen LogP) is 8.19. The van der Waals surface area contributed by atoms with Gasteiger partial charge in [0.05, 0.1) is 35.5 Å². The number of hydrogen-bond donors (Lipinski definition) is 0. The molecule has 0 unspecified atom stereocenters. The molecule has 0 atom stereocenters. The summed E-state index contributed by atoms with van der Waals surface area (Å²) in [7, 11) is 11.6. The van der Waals surface area contributed by atoms with E-state index < -0.39 is 0 Å². The molecule has 216 valence electrons. The average molecular weight is 557 g/mol. The van der Waals surface area contributed by atoms with Crippen molar-refractivity contribution in [3.8, 4) is 39.9 Å². The van der Waals surface area contributed by atoms with Crippen LogP contribution in [0.4, 0.5) is 0 Å². The van der Waals surface area contributed by atoms with Crippen LogP contribution in [0.2, 0.25) is 0 Å². The summed E-state index contributed by atoms with van der Waals surface area (Å²) in [4.78, 5) is 0. The van der Waals surface area contributed by atoms with Gasteiger partial charge in [0.25, 0.3) is 0 Å². The molecule has 0 spiro atoms. The monoisotopic (exact) mass is 556 g/mol. The lowest BCUT2D eigenvalue weighted by Crippen LogP contribution is -1.84. The van der Waals surface area contributed by atoms with E-state index in [4.69, 9.17) is 23.7 Å². The molecule has 0 radical (unpaired) electrons. The molecule has 0 amide bonds. The number of fused-ring (bicyclic) bond motifs is 1. The lowest BCUT2D eigenvalue weighted by molar-refractivity contribution is 0.277. The van der Waals surface area contributed by atoms with Crippen molar-refractivity contribution in [1.82, 2.24) is 0 Å². The highest BCUT2D eigenvalue weighted by molar-refractivity contribution is 5.85. The third kappa shape index (κ3) is 11.1. The number of rotatable bonds is 6. The first-order valence-corrected chi connectivity index (χ1v) is 12.9. The van der Waals surface area contributed by atoms with E-state index in [1.165, 1.54) is 11.1 Å². The highest BCUT2D eigenvalue weighted by atomic mass is 16.5. The molecule has 0 aliphatic rings. The Morgan fingerprint density at radius 3 is 0.902 bits per heavy atom. The van der Waals surface area contributed by atoms with Crippen molar-refractivity contribution >= 4 is 10.8 Å². The Labute approximate surface area is 244 Å². The topological polar surface area (TPSA) is 55.4 Å². The van der Waals surface area contributed by atoms with Crippen molar-refractivity contribution in [1.29, 1.82) is 0 Å². The molecule has 41 heavy (non-hydrogen) atoms. The smallest absolute Gasteiger partial charge is 0.119 e. The lowest BCUT2D eigenvalue weighted by atomic mass is 10.1. The maximum atomic E-state index is 5.15. The molecule has 5 aromatic carbocycles. The molecule has 5 rings (SSSR count). The van der Waals surface area contributed by atoms with Gasteiger partial charge in [-0.05, 0) is 82.6 Å². The summed E-state index contributed by atoms with van der Waals surface area (Å²) in [6.07, 6.45) is 0. The Bertz CT molecular complexity index is 1300. The minimum absolute atomic E-state index is 0.872. The number of methoxy groups -OCH3 is 6. The van der Waals surface area contributed by atoms with Gasteiger partial charge in [0.1, 0.15) is 28.7 Å². The number of para-hydroxylation sites is 1. The molecule has 6 heteroatoms. The first-order valence-electron chi connectivity index (χ1n) is 12.9. The number of hydrogen-bond acceptors (Lipinski definition) is 6. The second-order valence-electron chi connectivity index (χ2n) is 8.46. The largest absolute Gasteiger partial charge is 0.497 e. The molecule has 0 bridgehead atoms. The standard InChI is InChI=1S/C14H14O2.C12H12O2.C7H8O.C2H6O/c1-15-13-7-3-11(4-8-13)12-5-9-14(16-2)10-6-12;1-13-11-5-3-10-8-12(14-2)6-4-9(10)7-11;1-8-7-5-3-2-4-6-7;1-3-2/h3-10H,1-2H3;3-8H,1-2H3;2-6H,1H3;1-2H3. The van der Waals surface area contributed by atoms with Gasteiger partial charge in [0.15, 0.2) is 0 Å². The van der Waals surface area contributed by atoms with Crippen LogP contribution >= 0.6 is 0 Å². The van der Waals surface area contributed by atoms with Crippen LogP contribution in [-0.2, 0) is 4.74 Å².